The van der Waals surface area contributed by atoms with Crippen molar-refractivity contribution < 1.29 is 19.7 Å². The fourth-order valence-corrected chi connectivity index (χ4v) is 9.19. The van der Waals surface area contributed by atoms with E-state index < -0.39 is 11.8 Å². The summed E-state index contributed by atoms with van der Waals surface area (Å²) in [6.45, 7) is 9.08. The summed E-state index contributed by atoms with van der Waals surface area (Å²) in [5, 5.41) is 20.7. The van der Waals surface area contributed by atoms with Crippen LogP contribution in [0.15, 0.2) is 0 Å². The van der Waals surface area contributed by atoms with E-state index in [1.165, 1.54) is 57.8 Å². The highest BCUT2D eigenvalue weighted by molar-refractivity contribution is 5.77. The predicted octanol–water partition coefficient (Wildman–Crippen LogP) is 5.31. The minimum Gasteiger partial charge on any atom is -0.462 e. The third-order valence-corrected chi connectivity index (χ3v) is 10.6. The Labute approximate surface area is 183 Å². The number of esters is 1. The Kier molecular flexibility index (Phi) is 6.07. The van der Waals surface area contributed by atoms with E-state index >= 15 is 0 Å². The van der Waals surface area contributed by atoms with Gasteiger partial charge < -0.3 is 14.9 Å². The van der Waals surface area contributed by atoms with Crippen LogP contribution in [-0.4, -0.2) is 28.6 Å². The lowest BCUT2D eigenvalue weighted by Crippen LogP contribution is -2.53. The summed E-state index contributed by atoms with van der Waals surface area (Å²) in [4.78, 5) is 12.0. The molecular formula is C26H44O4. The summed E-state index contributed by atoms with van der Waals surface area (Å²) in [5.74, 6) is 0.722. The highest BCUT2D eigenvalue weighted by Crippen LogP contribution is 2.68. The second-order valence-electron chi connectivity index (χ2n) is 11.8. The van der Waals surface area contributed by atoms with Crippen LogP contribution in [-0.2, 0) is 9.53 Å². The standard InChI is InChI=1S/C26H44O4/c1-5-30-23(27)26(28,29)16-17(2)20-11-12-21-19-10-9-18-8-6-7-14-24(18,3)22(19)13-15-25(20,21)4/h17-22,28-29H,5-16H2,1-4H3/t17?,18-,19-,20+,21-,22-,24-,25+/m0/s1. The van der Waals surface area contributed by atoms with Gasteiger partial charge in [-0.05, 0) is 105 Å². The van der Waals surface area contributed by atoms with Crippen molar-refractivity contribution in [2.45, 2.75) is 104 Å². The van der Waals surface area contributed by atoms with Crippen LogP contribution in [0, 0.1) is 46.3 Å². The number of carbonyl (C=O) groups is 1. The molecule has 4 rings (SSSR count). The van der Waals surface area contributed by atoms with E-state index in [0.717, 1.165) is 30.1 Å². The highest BCUT2D eigenvalue weighted by Gasteiger charge is 2.60. The second kappa shape index (κ2) is 8.06. The zero-order valence-electron chi connectivity index (χ0n) is 19.7. The van der Waals surface area contributed by atoms with E-state index in [0.29, 0.717) is 11.3 Å². The van der Waals surface area contributed by atoms with Crippen LogP contribution in [0.2, 0.25) is 0 Å². The topological polar surface area (TPSA) is 66.8 Å². The van der Waals surface area contributed by atoms with E-state index in [1.807, 2.05) is 0 Å². The molecule has 4 heteroatoms. The maximum Gasteiger partial charge on any atom is 0.366 e. The molecule has 4 aliphatic carbocycles. The monoisotopic (exact) mass is 420 g/mol. The molecule has 0 radical (unpaired) electrons. The number of hydrogen-bond acceptors (Lipinski definition) is 4. The molecule has 0 aromatic carbocycles. The Morgan fingerprint density at radius 2 is 1.73 bits per heavy atom. The lowest BCUT2D eigenvalue weighted by molar-refractivity contribution is -0.216. The molecule has 0 bridgehead atoms. The molecule has 0 spiro atoms. The minimum absolute atomic E-state index is 0.0761. The average Bonchev–Trinajstić information content (AvgIpc) is 3.04. The Morgan fingerprint density at radius 3 is 2.47 bits per heavy atom. The van der Waals surface area contributed by atoms with Crippen LogP contribution < -0.4 is 0 Å². The molecule has 0 aromatic rings. The molecule has 0 aromatic heterocycles. The van der Waals surface area contributed by atoms with Gasteiger partial charge in [0.1, 0.15) is 0 Å². The van der Waals surface area contributed by atoms with Crippen molar-refractivity contribution in [2.75, 3.05) is 6.61 Å². The molecule has 0 amide bonds. The fourth-order valence-electron chi connectivity index (χ4n) is 9.19. The third kappa shape index (κ3) is 3.54. The first kappa shape index (κ1) is 22.6. The molecule has 0 aliphatic heterocycles. The number of aliphatic hydroxyl groups is 2. The van der Waals surface area contributed by atoms with Gasteiger partial charge in [0, 0.05) is 6.42 Å². The average molecular weight is 421 g/mol. The van der Waals surface area contributed by atoms with Gasteiger partial charge in [0.2, 0.25) is 0 Å². The molecule has 4 aliphatic rings. The molecule has 1 unspecified atom stereocenters. The maximum absolute atomic E-state index is 12.0. The van der Waals surface area contributed by atoms with E-state index in [2.05, 4.69) is 20.8 Å². The van der Waals surface area contributed by atoms with Crippen molar-refractivity contribution in [1.29, 1.82) is 0 Å². The molecule has 0 saturated heterocycles. The van der Waals surface area contributed by atoms with Gasteiger partial charge in [-0.2, -0.15) is 0 Å². The normalized spacial score (nSPS) is 44.5. The first-order chi connectivity index (χ1) is 14.1. The van der Waals surface area contributed by atoms with Crippen LogP contribution in [0.5, 0.6) is 0 Å². The number of ether oxygens (including phenoxy) is 1. The van der Waals surface area contributed by atoms with Crippen LogP contribution in [0.25, 0.3) is 0 Å². The van der Waals surface area contributed by atoms with Crippen LogP contribution >= 0.6 is 0 Å². The Morgan fingerprint density at radius 1 is 1.00 bits per heavy atom. The van der Waals surface area contributed by atoms with E-state index in [9.17, 15) is 15.0 Å². The molecule has 2 N–H and O–H groups in total. The van der Waals surface area contributed by atoms with Gasteiger partial charge in [-0.15, -0.1) is 0 Å². The first-order valence-corrected chi connectivity index (χ1v) is 12.8. The summed E-state index contributed by atoms with van der Waals surface area (Å²) in [6.07, 6.45) is 13.7. The van der Waals surface area contributed by atoms with Gasteiger partial charge in [0.05, 0.1) is 6.61 Å². The first-order valence-electron chi connectivity index (χ1n) is 12.8. The summed E-state index contributed by atoms with van der Waals surface area (Å²) in [5.41, 5.74) is 0.824. The SMILES string of the molecule is CCOC(=O)C(O)(O)CC(C)[C@H]1CC[C@H]2[C@@H]3CC[C@@H]4CCCC[C@]4(C)[C@H]3CC[C@]12C. The van der Waals surface area contributed by atoms with Crippen molar-refractivity contribution >= 4 is 5.97 Å². The Balaban J connectivity index is 1.49. The van der Waals surface area contributed by atoms with E-state index in [1.54, 1.807) is 6.92 Å². The number of carbonyl (C=O) groups excluding carboxylic acids is 1. The fraction of sp³-hybridized carbons (Fsp3) is 0.962. The molecule has 172 valence electrons. The van der Waals surface area contributed by atoms with Crippen molar-refractivity contribution in [3.8, 4) is 0 Å². The van der Waals surface area contributed by atoms with Crippen molar-refractivity contribution in [2.24, 2.45) is 46.3 Å². The summed E-state index contributed by atoms with van der Waals surface area (Å²) < 4.78 is 4.90. The summed E-state index contributed by atoms with van der Waals surface area (Å²) >= 11 is 0. The van der Waals surface area contributed by atoms with Crippen molar-refractivity contribution in [1.82, 2.24) is 0 Å². The molecule has 4 saturated carbocycles. The summed E-state index contributed by atoms with van der Waals surface area (Å²) in [7, 11) is 0. The molecule has 8 atom stereocenters. The number of rotatable bonds is 5. The number of fused-ring (bicyclic) bond motifs is 5. The summed E-state index contributed by atoms with van der Waals surface area (Å²) in [6, 6.07) is 0. The molecule has 4 fully saturated rings. The van der Waals surface area contributed by atoms with Gasteiger partial charge in [-0.3, -0.25) is 0 Å². The molecule has 4 nitrogen and oxygen atoms in total. The second-order valence-corrected chi connectivity index (χ2v) is 11.8. The van der Waals surface area contributed by atoms with Crippen LogP contribution in [0.3, 0.4) is 0 Å². The lowest BCUT2D eigenvalue weighted by atomic mass is 9.44. The molecule has 30 heavy (non-hydrogen) atoms. The largest absolute Gasteiger partial charge is 0.462 e. The van der Waals surface area contributed by atoms with Gasteiger partial charge in [0.25, 0.3) is 5.79 Å². The van der Waals surface area contributed by atoms with Gasteiger partial charge in [-0.1, -0.05) is 33.6 Å². The quantitative estimate of drug-likeness (QED) is 0.467. The van der Waals surface area contributed by atoms with Crippen LogP contribution in [0.4, 0.5) is 0 Å². The molecule has 0 heterocycles. The predicted molar refractivity (Wildman–Crippen MR) is 117 cm³/mol. The Bertz CT molecular complexity index is 645. The van der Waals surface area contributed by atoms with E-state index in [-0.39, 0.29) is 24.4 Å². The van der Waals surface area contributed by atoms with Gasteiger partial charge in [0.15, 0.2) is 0 Å². The smallest absolute Gasteiger partial charge is 0.366 e. The lowest BCUT2D eigenvalue weighted by Gasteiger charge is -2.61. The van der Waals surface area contributed by atoms with Gasteiger partial charge in [-0.25, -0.2) is 4.79 Å². The van der Waals surface area contributed by atoms with Crippen molar-refractivity contribution in [3.63, 3.8) is 0 Å². The van der Waals surface area contributed by atoms with Gasteiger partial charge >= 0.3 is 5.97 Å². The van der Waals surface area contributed by atoms with E-state index in [4.69, 9.17) is 4.74 Å². The van der Waals surface area contributed by atoms with Crippen LogP contribution in [0.1, 0.15) is 98.3 Å². The highest BCUT2D eigenvalue weighted by atomic mass is 16.6. The minimum atomic E-state index is -2.37. The zero-order valence-corrected chi connectivity index (χ0v) is 19.7. The number of hydrogen-bond donors (Lipinski definition) is 2. The molecular weight excluding hydrogens is 376 g/mol. The maximum atomic E-state index is 12.0. The third-order valence-electron chi connectivity index (χ3n) is 10.6. The van der Waals surface area contributed by atoms with Crippen molar-refractivity contribution in [3.05, 3.63) is 0 Å². The Hall–Kier alpha value is -0.610. The zero-order chi connectivity index (χ0) is 21.7.